The zero-order valence-electron chi connectivity index (χ0n) is 26.3. The predicted molar refractivity (Wildman–Crippen MR) is 151 cm³/mol. The van der Waals surface area contributed by atoms with Gasteiger partial charge in [0.1, 0.15) is 11.2 Å². The van der Waals surface area contributed by atoms with Crippen molar-refractivity contribution in [1.82, 2.24) is 0 Å². The normalized spacial score (nSPS) is 42.1. The van der Waals surface area contributed by atoms with Gasteiger partial charge in [-0.15, -0.1) is 0 Å². The molecular weight excluding hydrogens is 460 g/mol. The van der Waals surface area contributed by atoms with Gasteiger partial charge < -0.3 is 9.47 Å². The third-order valence-corrected chi connectivity index (χ3v) is 13.5. The molecule has 4 nitrogen and oxygen atoms in total. The van der Waals surface area contributed by atoms with Gasteiger partial charge in [0.2, 0.25) is 0 Å². The molecule has 0 spiro atoms. The maximum atomic E-state index is 12.3. The summed E-state index contributed by atoms with van der Waals surface area (Å²) < 4.78 is 12.1. The summed E-state index contributed by atoms with van der Waals surface area (Å²) in [4.78, 5) is 24.4. The first-order chi connectivity index (χ1) is 16.9. The first-order valence-corrected chi connectivity index (χ1v) is 15.4. The molecule has 0 aromatic heterocycles. The van der Waals surface area contributed by atoms with E-state index < -0.39 is 0 Å². The molecule has 0 saturated heterocycles. The Morgan fingerprint density at radius 2 is 1.14 bits per heavy atom. The van der Waals surface area contributed by atoms with E-state index in [0.717, 1.165) is 32.1 Å². The van der Waals surface area contributed by atoms with Crippen LogP contribution in [0.4, 0.5) is 0 Å². The molecule has 8 atom stereocenters. The first-order valence-electron chi connectivity index (χ1n) is 15.4. The number of carbonyl (C=O) groups is 2. The Hall–Kier alpha value is -1.06. The van der Waals surface area contributed by atoms with Crippen LogP contribution in [0.15, 0.2) is 0 Å². The second kappa shape index (κ2) is 9.84. The summed E-state index contributed by atoms with van der Waals surface area (Å²) in [6.45, 7) is 26.5. The summed E-state index contributed by atoms with van der Waals surface area (Å²) in [5.41, 5.74) is 0.367. The van der Waals surface area contributed by atoms with Gasteiger partial charge in [-0.25, -0.2) is 0 Å². The number of hydrogen-bond donors (Lipinski definition) is 0. The highest BCUT2D eigenvalue weighted by Crippen LogP contribution is 2.72. The summed E-state index contributed by atoms with van der Waals surface area (Å²) in [6, 6.07) is 0. The third kappa shape index (κ3) is 4.30. The van der Waals surface area contributed by atoms with Gasteiger partial charge in [0.05, 0.1) is 11.8 Å². The summed E-state index contributed by atoms with van der Waals surface area (Å²) in [5.74, 6) is 1.46. The standard InChI is InChI=1S/C17H30O2.C16H28O2/c1-7-12(3)14(18)19-17(8-2)11-13-9-10-16(17,6)15(13,4)5;1-7-11(2)13(17)18-16(6)10-12-8-9-15(16,5)14(12,3)4/h12-13H,7-11H2,1-6H3;11-12H,7-10H2,1-6H3. The topological polar surface area (TPSA) is 52.6 Å². The van der Waals surface area contributed by atoms with Gasteiger partial charge in [0, 0.05) is 10.8 Å². The largest absolute Gasteiger partial charge is 0.459 e. The zero-order chi connectivity index (χ0) is 28.2. The molecule has 4 aliphatic rings. The lowest BCUT2D eigenvalue weighted by Gasteiger charge is -2.47. The molecule has 4 bridgehead atoms. The molecule has 4 fully saturated rings. The van der Waals surface area contributed by atoms with Crippen molar-refractivity contribution in [1.29, 1.82) is 0 Å². The van der Waals surface area contributed by atoms with Gasteiger partial charge >= 0.3 is 11.9 Å². The average molecular weight is 519 g/mol. The Bertz CT molecular complexity index is 876. The highest BCUT2D eigenvalue weighted by atomic mass is 16.6. The fraction of sp³-hybridized carbons (Fsp3) is 0.939. The van der Waals surface area contributed by atoms with Gasteiger partial charge in [0.25, 0.3) is 0 Å². The van der Waals surface area contributed by atoms with Gasteiger partial charge in [-0.2, -0.15) is 0 Å². The first kappa shape index (κ1) is 30.5. The average Bonchev–Trinajstić information content (AvgIpc) is 3.33. The number of ether oxygens (including phenoxy) is 2. The van der Waals surface area contributed by atoms with Crippen molar-refractivity contribution in [2.45, 2.75) is 152 Å². The molecule has 0 aliphatic heterocycles. The number of rotatable bonds is 7. The van der Waals surface area contributed by atoms with Gasteiger partial charge in [-0.1, -0.05) is 76.2 Å². The maximum absolute atomic E-state index is 12.3. The Labute approximate surface area is 228 Å². The quantitative estimate of drug-likeness (QED) is 0.316. The summed E-state index contributed by atoms with van der Waals surface area (Å²) in [6.07, 6.45) is 9.76. The lowest BCUT2D eigenvalue weighted by molar-refractivity contribution is -0.184. The maximum Gasteiger partial charge on any atom is 0.309 e. The van der Waals surface area contributed by atoms with Crippen LogP contribution < -0.4 is 0 Å². The fourth-order valence-electron chi connectivity index (χ4n) is 8.85. The van der Waals surface area contributed by atoms with Crippen LogP contribution in [-0.4, -0.2) is 23.1 Å². The van der Waals surface area contributed by atoms with Crippen LogP contribution in [0.1, 0.15) is 141 Å². The minimum atomic E-state index is -0.264. The fourth-order valence-corrected chi connectivity index (χ4v) is 8.85. The Morgan fingerprint density at radius 3 is 1.46 bits per heavy atom. The zero-order valence-corrected chi connectivity index (χ0v) is 26.3. The van der Waals surface area contributed by atoms with E-state index in [2.05, 4.69) is 62.3 Å². The Morgan fingerprint density at radius 1 is 0.703 bits per heavy atom. The van der Waals surface area contributed by atoms with Crippen molar-refractivity contribution in [3.8, 4) is 0 Å². The van der Waals surface area contributed by atoms with Crippen LogP contribution in [0.25, 0.3) is 0 Å². The molecule has 4 heteroatoms. The van der Waals surface area contributed by atoms with Crippen molar-refractivity contribution in [3.63, 3.8) is 0 Å². The van der Waals surface area contributed by atoms with E-state index in [0.29, 0.717) is 17.3 Å². The molecule has 4 saturated carbocycles. The van der Waals surface area contributed by atoms with Crippen LogP contribution in [0, 0.1) is 45.3 Å². The molecule has 4 rings (SSSR count). The third-order valence-electron chi connectivity index (χ3n) is 13.5. The lowest BCUT2D eigenvalue weighted by Crippen LogP contribution is -2.50. The molecule has 0 amide bonds. The molecule has 37 heavy (non-hydrogen) atoms. The molecule has 0 heterocycles. The van der Waals surface area contributed by atoms with E-state index in [-0.39, 0.29) is 51.2 Å². The molecule has 0 aromatic rings. The van der Waals surface area contributed by atoms with Gasteiger partial charge in [-0.3, -0.25) is 9.59 Å². The van der Waals surface area contributed by atoms with E-state index >= 15 is 0 Å². The molecular formula is C33H58O4. The van der Waals surface area contributed by atoms with Crippen molar-refractivity contribution in [2.24, 2.45) is 45.3 Å². The monoisotopic (exact) mass is 518 g/mol. The van der Waals surface area contributed by atoms with E-state index in [1.54, 1.807) is 0 Å². The van der Waals surface area contributed by atoms with Gasteiger partial charge in [0.15, 0.2) is 0 Å². The predicted octanol–water partition coefficient (Wildman–Crippen LogP) is 8.75. The van der Waals surface area contributed by atoms with Crippen LogP contribution in [0.3, 0.4) is 0 Å². The second-order valence-corrected chi connectivity index (χ2v) is 15.0. The molecule has 214 valence electrons. The van der Waals surface area contributed by atoms with E-state index in [1.165, 1.54) is 25.7 Å². The highest BCUT2D eigenvalue weighted by molar-refractivity contribution is 5.73. The number of carbonyl (C=O) groups excluding carboxylic acids is 2. The van der Waals surface area contributed by atoms with Crippen LogP contribution in [0.2, 0.25) is 0 Å². The second-order valence-electron chi connectivity index (χ2n) is 15.0. The van der Waals surface area contributed by atoms with E-state index in [4.69, 9.17) is 9.47 Å². The van der Waals surface area contributed by atoms with Crippen LogP contribution >= 0.6 is 0 Å². The summed E-state index contributed by atoms with van der Waals surface area (Å²) in [5, 5.41) is 0. The molecule has 8 unspecified atom stereocenters. The Kier molecular flexibility index (Phi) is 8.11. The molecule has 0 aromatic carbocycles. The number of fused-ring (bicyclic) bond motifs is 4. The van der Waals surface area contributed by atoms with Crippen molar-refractivity contribution in [2.75, 3.05) is 0 Å². The SMILES string of the molecule is CCC(C)C(=O)OC1(C)CC2CCC1(C)C2(C)C.CCC(C)C(=O)OC1(CC)CC2CCC1(C)C2(C)C. The highest BCUT2D eigenvalue weighted by Gasteiger charge is 2.70. The molecule has 0 N–H and O–H groups in total. The minimum absolute atomic E-state index is 0.00826. The van der Waals surface area contributed by atoms with E-state index in [1.807, 2.05) is 20.8 Å². The van der Waals surface area contributed by atoms with Crippen molar-refractivity contribution < 1.29 is 19.1 Å². The lowest BCUT2D eigenvalue weighted by atomic mass is 9.63. The van der Waals surface area contributed by atoms with E-state index in [9.17, 15) is 9.59 Å². The van der Waals surface area contributed by atoms with Crippen molar-refractivity contribution >= 4 is 11.9 Å². The van der Waals surface area contributed by atoms with Crippen LogP contribution in [0.5, 0.6) is 0 Å². The van der Waals surface area contributed by atoms with Crippen molar-refractivity contribution in [3.05, 3.63) is 0 Å². The minimum Gasteiger partial charge on any atom is -0.459 e. The van der Waals surface area contributed by atoms with Crippen LogP contribution in [-0.2, 0) is 19.1 Å². The summed E-state index contributed by atoms with van der Waals surface area (Å²) in [7, 11) is 0. The Balaban J connectivity index is 0.000000206. The number of esters is 2. The molecule has 0 radical (unpaired) electrons. The summed E-state index contributed by atoms with van der Waals surface area (Å²) >= 11 is 0. The molecule has 4 aliphatic carbocycles. The number of hydrogen-bond acceptors (Lipinski definition) is 4. The smallest absolute Gasteiger partial charge is 0.309 e. The van der Waals surface area contributed by atoms with Gasteiger partial charge in [-0.05, 0) is 87.4 Å².